The van der Waals surface area contributed by atoms with E-state index in [1.54, 1.807) is 91.0 Å². The number of guanidine groups is 1. The van der Waals surface area contributed by atoms with Gasteiger partial charge < -0.3 is 85.1 Å². The lowest BCUT2D eigenvalue weighted by atomic mass is 9.99. The van der Waals surface area contributed by atoms with Crippen LogP contribution in [0.3, 0.4) is 0 Å². The summed E-state index contributed by atoms with van der Waals surface area (Å²) in [6, 6.07) is 41.2. The summed E-state index contributed by atoms with van der Waals surface area (Å²) in [5.74, 6) is -9.16. The number of phenols is 1. The Labute approximate surface area is 633 Å². The summed E-state index contributed by atoms with van der Waals surface area (Å²) < 4.78 is 0. The van der Waals surface area contributed by atoms with Crippen molar-refractivity contribution in [1.82, 2.24) is 63.4 Å². The molecule has 0 aromatic heterocycles. The number of phenolic OH excluding ortho intramolecular Hbond substituents is 1. The number of hydrogen-bond acceptors (Lipinski definition) is 15. The molecule has 18 N–H and O–H groups in total. The number of aromatic hydroxyl groups is 1. The number of amides is 11. The van der Waals surface area contributed by atoms with Crippen LogP contribution in [0.15, 0.2) is 188 Å². The Bertz CT molecular complexity index is 4220. The van der Waals surface area contributed by atoms with Gasteiger partial charge in [-0.3, -0.25) is 58.1 Å². The van der Waals surface area contributed by atoms with Gasteiger partial charge in [0, 0.05) is 58.7 Å². The number of primary amides is 1. The fraction of sp³-hybridized carbons (Fsp3) is 0.358. The monoisotopic (exact) mass is 1490 g/mol. The number of likely N-dealkylation sites (tertiary alicyclic amines) is 1. The van der Waals surface area contributed by atoms with Crippen LogP contribution < -0.4 is 70.0 Å². The maximum atomic E-state index is 15.1. The Hall–Kier alpha value is -12.0. The average Bonchev–Trinajstić information content (AvgIpc) is 0.890. The second-order valence-electron chi connectivity index (χ2n) is 27.2. The second kappa shape index (κ2) is 42.3. The van der Waals surface area contributed by atoms with Gasteiger partial charge in [0.25, 0.3) is 0 Å². The molecule has 10 unspecified atom stereocenters. The molecule has 0 saturated carbocycles. The van der Waals surface area contributed by atoms with Crippen LogP contribution in [0, 0.1) is 5.41 Å². The molecule has 1 aliphatic heterocycles. The third-order valence-electron chi connectivity index (χ3n) is 18.6. The van der Waals surface area contributed by atoms with Gasteiger partial charge in [-0.05, 0) is 115 Å². The molecule has 0 spiro atoms. The number of rotatable bonds is 41. The number of carbonyl (C=O) groups excluding carboxylic acids is 11. The highest BCUT2D eigenvalue weighted by Crippen LogP contribution is 2.22. The van der Waals surface area contributed by atoms with Gasteiger partial charge in [-0.15, -0.1) is 0 Å². The molecule has 28 nitrogen and oxygen atoms in total. The molecule has 576 valence electrons. The zero-order valence-electron chi connectivity index (χ0n) is 61.2. The van der Waals surface area contributed by atoms with Gasteiger partial charge in [-0.2, -0.15) is 0 Å². The van der Waals surface area contributed by atoms with Crippen molar-refractivity contribution in [3.05, 3.63) is 221 Å². The highest BCUT2D eigenvalue weighted by atomic mass is 16.3. The van der Waals surface area contributed by atoms with Crippen molar-refractivity contribution < 1.29 is 63.0 Å². The van der Waals surface area contributed by atoms with Gasteiger partial charge in [-0.1, -0.05) is 176 Å². The van der Waals surface area contributed by atoms with Crippen LogP contribution in [-0.2, 0) is 91.4 Å². The fourth-order valence-electron chi connectivity index (χ4n) is 12.8. The fourth-order valence-corrected chi connectivity index (χ4v) is 12.8. The van der Waals surface area contributed by atoms with Gasteiger partial charge >= 0.3 is 0 Å². The van der Waals surface area contributed by atoms with E-state index in [9.17, 15) is 48.6 Å². The molecule has 1 fully saturated rings. The quantitative estimate of drug-likeness (QED) is 0.0148. The molecule has 28 heteroatoms. The van der Waals surface area contributed by atoms with Crippen molar-refractivity contribution in [2.45, 2.75) is 158 Å². The maximum Gasteiger partial charge on any atom is 0.245 e. The molecule has 0 aliphatic carbocycles. The maximum absolute atomic E-state index is 15.1. The van der Waals surface area contributed by atoms with Gasteiger partial charge in [0.2, 0.25) is 65.0 Å². The van der Waals surface area contributed by atoms with Crippen molar-refractivity contribution in [2.24, 2.45) is 11.5 Å². The van der Waals surface area contributed by atoms with E-state index in [0.717, 1.165) is 21.9 Å². The van der Waals surface area contributed by atoms with Gasteiger partial charge in [0.1, 0.15) is 66.2 Å². The van der Waals surface area contributed by atoms with Crippen LogP contribution in [0.2, 0.25) is 0 Å². The van der Waals surface area contributed by atoms with E-state index < -0.39 is 132 Å². The van der Waals surface area contributed by atoms with E-state index in [-0.39, 0.29) is 82.6 Å². The largest absolute Gasteiger partial charge is 0.508 e. The molecule has 7 aromatic carbocycles. The van der Waals surface area contributed by atoms with Gasteiger partial charge in [-0.25, -0.2) is 0 Å². The van der Waals surface area contributed by atoms with Gasteiger partial charge in [0.05, 0.1) is 6.61 Å². The van der Waals surface area contributed by atoms with E-state index in [1.165, 1.54) is 43.0 Å². The Morgan fingerprint density at radius 1 is 0.450 bits per heavy atom. The molecule has 109 heavy (non-hydrogen) atoms. The number of carbonyl (C=O) groups is 11. The van der Waals surface area contributed by atoms with Crippen LogP contribution in [-0.4, -0.2) is 173 Å². The number of fused-ring (bicyclic) bond motifs is 1. The molecular formula is C81H99N15O13. The Morgan fingerprint density at radius 2 is 0.853 bits per heavy atom. The molecule has 8 rings (SSSR count). The third-order valence-corrected chi connectivity index (χ3v) is 18.6. The lowest BCUT2D eigenvalue weighted by Crippen LogP contribution is -2.61. The molecule has 10 atom stereocenters. The number of nitrogens with one attached hydrogen (secondary N) is 12. The SMILES string of the molecule is CC(=O)NC(Cc1ccc2ccccc2c1)C(=O)NC(Cc1ccccc1)C(=O)NC(Cc1ccccc1)C(=O)NC(CO)C(=O)NC(Cc1ccc(O)cc1)C(=O)NC(CCCNC(=N)N)C(=O)NC(Cc1ccccc1)C(=O)NC(CCCCNCc1ccccc1)C(=O)N1CCCC1C(=O)NC(C)C(N)=O. The zero-order valence-corrected chi connectivity index (χ0v) is 61.2. The normalized spacial score (nSPS) is 14.9. The second-order valence-corrected chi connectivity index (χ2v) is 27.2. The molecule has 0 radical (unpaired) electrons. The van der Waals surface area contributed by atoms with Crippen molar-refractivity contribution in [1.29, 1.82) is 5.41 Å². The van der Waals surface area contributed by atoms with E-state index in [2.05, 4.69) is 58.5 Å². The zero-order chi connectivity index (χ0) is 78.2. The molecule has 7 aromatic rings. The molecule has 0 bridgehead atoms. The highest BCUT2D eigenvalue weighted by molar-refractivity contribution is 5.99. The van der Waals surface area contributed by atoms with E-state index in [1.807, 2.05) is 72.8 Å². The minimum absolute atomic E-state index is 0.0385. The predicted molar refractivity (Wildman–Crippen MR) is 411 cm³/mol. The highest BCUT2D eigenvalue weighted by Gasteiger charge is 2.40. The smallest absolute Gasteiger partial charge is 0.245 e. The average molecular weight is 1490 g/mol. The molecule has 1 aliphatic rings. The molecule has 1 heterocycles. The van der Waals surface area contributed by atoms with Crippen LogP contribution in [0.25, 0.3) is 10.8 Å². The van der Waals surface area contributed by atoms with Crippen molar-refractivity contribution >= 4 is 81.7 Å². The van der Waals surface area contributed by atoms with Crippen molar-refractivity contribution in [2.75, 3.05) is 26.2 Å². The Balaban J connectivity index is 1.03. The lowest BCUT2D eigenvalue weighted by Gasteiger charge is -2.31. The first-order chi connectivity index (χ1) is 52.5. The topological polar surface area (TPSA) is 440 Å². The predicted octanol–water partition coefficient (Wildman–Crippen LogP) is 2.15. The standard InChI is InChI=1S/C81H99N15O13/c1-51(71(82)100)87-79(108)70-33-20-42-96(70)80(109)63(31-17-18-40-85-49-57-27-13-6-14-28-57)90-75(104)65(44-53-21-7-3-8-22-53)91-72(101)62(32-19-41-86-81(83)84)89-74(103)68(47-56-35-38-61(99)39-36-56)94-78(107)69(50-97)95-77(106)67(46-55-25-11-5-12-26-55)93-76(105)66(45-54-23-9-4-10-24-54)92-73(102)64(88-52(2)98)48-58-34-37-59-29-15-16-30-60(59)43-58/h3-16,21-30,34-39,43,51,62-70,85,97,99H,17-20,31-33,40-42,44-50H2,1-2H3,(H2,82,100)(H,87,108)(H,88,98)(H,89,103)(H,90,104)(H,91,101)(H,92,102)(H,93,105)(H,94,107)(H,95,106)(H4,83,84,86). The third kappa shape index (κ3) is 26.8. The number of hydrogen-bond donors (Lipinski definition) is 16. The first-order valence-electron chi connectivity index (χ1n) is 36.6. The van der Waals surface area contributed by atoms with Crippen molar-refractivity contribution in [3.63, 3.8) is 0 Å². The van der Waals surface area contributed by atoms with E-state index >= 15 is 14.4 Å². The summed E-state index contributed by atoms with van der Waals surface area (Å²) in [4.78, 5) is 159. The minimum atomic E-state index is -1.81. The Kier molecular flexibility index (Phi) is 32.1. The summed E-state index contributed by atoms with van der Waals surface area (Å²) in [6.07, 6.45) is 1.13. The lowest BCUT2D eigenvalue weighted by molar-refractivity contribution is -0.142. The summed E-state index contributed by atoms with van der Waals surface area (Å²) in [6.45, 7) is 2.99. The van der Waals surface area contributed by atoms with Crippen LogP contribution >= 0.6 is 0 Å². The molecule has 11 amide bonds. The molecular weight excluding hydrogens is 1390 g/mol. The number of nitrogens with two attached hydrogens (primary N) is 2. The number of aliphatic hydroxyl groups is 1. The summed E-state index contributed by atoms with van der Waals surface area (Å²) >= 11 is 0. The minimum Gasteiger partial charge on any atom is -0.508 e. The number of benzene rings is 7. The number of unbranched alkanes of at least 4 members (excludes halogenated alkanes) is 1. The van der Waals surface area contributed by atoms with Crippen LogP contribution in [0.5, 0.6) is 5.75 Å². The number of aliphatic hydroxyl groups excluding tert-OH is 1. The summed E-state index contributed by atoms with van der Waals surface area (Å²) in [5, 5.41) is 61.5. The first kappa shape index (κ1) is 82.6. The summed E-state index contributed by atoms with van der Waals surface area (Å²) in [5.41, 5.74) is 15.1. The Morgan fingerprint density at radius 3 is 1.34 bits per heavy atom. The van der Waals surface area contributed by atoms with Gasteiger partial charge in [0.15, 0.2) is 5.96 Å². The van der Waals surface area contributed by atoms with Crippen LogP contribution in [0.1, 0.15) is 92.2 Å². The van der Waals surface area contributed by atoms with E-state index in [4.69, 9.17) is 16.9 Å². The first-order valence-corrected chi connectivity index (χ1v) is 36.6. The summed E-state index contributed by atoms with van der Waals surface area (Å²) in [7, 11) is 0. The van der Waals surface area contributed by atoms with Crippen molar-refractivity contribution in [3.8, 4) is 5.75 Å². The van der Waals surface area contributed by atoms with E-state index in [0.29, 0.717) is 54.6 Å². The number of nitrogens with zero attached hydrogens (tertiary/aromatic N) is 1. The molecule has 1 saturated heterocycles. The van der Waals surface area contributed by atoms with Crippen LogP contribution in [0.4, 0.5) is 0 Å².